The molecule has 6 nitrogen and oxygen atoms in total. The van der Waals surface area contributed by atoms with E-state index in [1.807, 2.05) is 18.3 Å². The Morgan fingerprint density at radius 2 is 1.93 bits per heavy atom. The zero-order chi connectivity index (χ0) is 20.0. The maximum atomic E-state index is 12.7. The summed E-state index contributed by atoms with van der Waals surface area (Å²) in [7, 11) is 0. The molecule has 0 radical (unpaired) electrons. The maximum Gasteiger partial charge on any atom is 0.242 e. The first kappa shape index (κ1) is 18.3. The van der Waals surface area contributed by atoms with Crippen molar-refractivity contribution in [3.63, 3.8) is 0 Å². The number of rotatable bonds is 4. The number of pyridine rings is 1. The summed E-state index contributed by atoms with van der Waals surface area (Å²) < 4.78 is 0. The number of carbonyl (C=O) groups excluding carboxylic acids is 2. The third kappa shape index (κ3) is 3.02. The summed E-state index contributed by atoms with van der Waals surface area (Å²) in [5, 5.41) is 9.93. The summed E-state index contributed by atoms with van der Waals surface area (Å²) in [6.45, 7) is 0.648. The number of aromatic nitrogens is 1. The molecule has 2 aliphatic heterocycles. The molecule has 3 atom stereocenters. The van der Waals surface area contributed by atoms with Crippen LogP contribution in [0, 0.1) is 5.92 Å². The largest absolute Gasteiger partial charge is 0.394 e. The molecule has 150 valence electrons. The minimum absolute atomic E-state index is 0.0452. The molecule has 1 aliphatic carbocycles. The van der Waals surface area contributed by atoms with Gasteiger partial charge < -0.3 is 14.9 Å². The third-order valence-corrected chi connectivity index (χ3v) is 6.81. The first-order valence-corrected chi connectivity index (χ1v) is 10.4. The minimum atomic E-state index is -0.210. The van der Waals surface area contributed by atoms with Crippen LogP contribution in [0.15, 0.2) is 48.8 Å². The van der Waals surface area contributed by atoms with E-state index in [1.165, 1.54) is 0 Å². The molecule has 6 heteroatoms. The fourth-order valence-corrected chi connectivity index (χ4v) is 5.01. The second-order valence-electron chi connectivity index (χ2n) is 8.35. The van der Waals surface area contributed by atoms with E-state index in [4.69, 9.17) is 0 Å². The Morgan fingerprint density at radius 1 is 1.14 bits per heavy atom. The molecule has 3 heterocycles. The molecule has 3 aliphatic rings. The summed E-state index contributed by atoms with van der Waals surface area (Å²) in [6, 6.07) is 11.9. The molecule has 29 heavy (non-hydrogen) atoms. The van der Waals surface area contributed by atoms with Crippen molar-refractivity contribution in [2.45, 2.75) is 37.3 Å². The van der Waals surface area contributed by atoms with Crippen molar-refractivity contribution in [1.82, 2.24) is 14.8 Å². The Kier molecular flexibility index (Phi) is 4.59. The number of hydrogen-bond donors (Lipinski definition) is 1. The number of aliphatic hydroxyl groups excluding tert-OH is 1. The second-order valence-corrected chi connectivity index (χ2v) is 8.35. The SMILES string of the molecule is O=C(C1CCC1)N1CC(=O)N2[C@H](CO)[C@@H](c3ccc(-c4cccnc4)cc3)[C@H]2C1. The molecule has 1 aromatic heterocycles. The number of hydrogen-bond acceptors (Lipinski definition) is 4. The zero-order valence-electron chi connectivity index (χ0n) is 16.3. The standard InChI is InChI=1S/C23H25N3O3/c27-14-20-22(16-8-6-15(7-9-16)18-5-2-10-24-11-18)19-12-25(13-21(28)26(19)20)23(29)17-3-1-4-17/h2,5-11,17,19-20,22,27H,1,3-4,12-14H2/t19-,20-,22+/m1/s1. The van der Waals surface area contributed by atoms with Gasteiger partial charge in [0.2, 0.25) is 11.8 Å². The molecule has 0 spiro atoms. The normalized spacial score (nSPS) is 26.5. The van der Waals surface area contributed by atoms with Crippen molar-refractivity contribution in [2.24, 2.45) is 5.92 Å². The van der Waals surface area contributed by atoms with Gasteiger partial charge in [-0.25, -0.2) is 0 Å². The monoisotopic (exact) mass is 391 g/mol. The van der Waals surface area contributed by atoms with Gasteiger partial charge >= 0.3 is 0 Å². The highest BCUT2D eigenvalue weighted by atomic mass is 16.3. The van der Waals surface area contributed by atoms with E-state index in [0.29, 0.717) is 6.54 Å². The van der Waals surface area contributed by atoms with Gasteiger partial charge in [-0.1, -0.05) is 36.8 Å². The molecule has 1 aromatic carbocycles. The Hall–Kier alpha value is -2.73. The molecular formula is C23H25N3O3. The quantitative estimate of drug-likeness (QED) is 0.866. The Labute approximate surface area is 170 Å². The van der Waals surface area contributed by atoms with Gasteiger partial charge in [0.25, 0.3) is 0 Å². The molecule has 1 saturated carbocycles. The Balaban J connectivity index is 1.37. The molecular weight excluding hydrogens is 366 g/mol. The van der Waals surface area contributed by atoms with Crippen LogP contribution in [0.5, 0.6) is 0 Å². The van der Waals surface area contributed by atoms with Crippen LogP contribution in [0.1, 0.15) is 30.7 Å². The number of nitrogens with zero attached hydrogens (tertiary/aromatic N) is 3. The average Bonchev–Trinajstić information content (AvgIpc) is 2.69. The first-order valence-electron chi connectivity index (χ1n) is 10.4. The van der Waals surface area contributed by atoms with Crippen LogP contribution in [-0.4, -0.2) is 63.5 Å². The van der Waals surface area contributed by atoms with Gasteiger partial charge in [0.15, 0.2) is 0 Å². The third-order valence-electron chi connectivity index (χ3n) is 6.81. The van der Waals surface area contributed by atoms with Crippen LogP contribution in [0.4, 0.5) is 0 Å². The highest BCUT2D eigenvalue weighted by molar-refractivity contribution is 5.89. The number of fused-ring (bicyclic) bond motifs is 1. The zero-order valence-corrected chi connectivity index (χ0v) is 16.3. The van der Waals surface area contributed by atoms with Crippen molar-refractivity contribution in [2.75, 3.05) is 19.7 Å². The lowest BCUT2D eigenvalue weighted by molar-refractivity contribution is -0.169. The number of benzene rings is 1. The van der Waals surface area contributed by atoms with Crippen molar-refractivity contribution in [3.8, 4) is 11.1 Å². The second kappa shape index (κ2) is 7.26. The summed E-state index contributed by atoms with van der Waals surface area (Å²) in [5.74, 6) is 0.225. The van der Waals surface area contributed by atoms with Gasteiger partial charge in [-0.05, 0) is 35.6 Å². The summed E-state index contributed by atoms with van der Waals surface area (Å²) in [5.41, 5.74) is 3.24. The van der Waals surface area contributed by atoms with E-state index >= 15 is 0 Å². The molecule has 5 rings (SSSR count). The van der Waals surface area contributed by atoms with Crippen molar-refractivity contribution < 1.29 is 14.7 Å². The summed E-state index contributed by atoms with van der Waals surface area (Å²) in [6.07, 6.45) is 6.57. The van der Waals surface area contributed by atoms with Crippen molar-refractivity contribution in [1.29, 1.82) is 0 Å². The Bertz CT molecular complexity index is 911. The fourth-order valence-electron chi connectivity index (χ4n) is 5.01. The van der Waals surface area contributed by atoms with Crippen LogP contribution >= 0.6 is 0 Å². The van der Waals surface area contributed by atoms with Crippen LogP contribution in [0.2, 0.25) is 0 Å². The smallest absolute Gasteiger partial charge is 0.242 e. The number of aliphatic hydroxyl groups is 1. The molecule has 3 fully saturated rings. The van der Waals surface area contributed by atoms with Gasteiger partial charge in [-0.15, -0.1) is 0 Å². The van der Waals surface area contributed by atoms with E-state index in [0.717, 1.165) is 36.0 Å². The predicted octanol–water partition coefficient (Wildman–Crippen LogP) is 2.05. The predicted molar refractivity (Wildman–Crippen MR) is 108 cm³/mol. The van der Waals surface area contributed by atoms with Gasteiger partial charge in [0.1, 0.15) is 0 Å². The van der Waals surface area contributed by atoms with Gasteiger partial charge in [-0.3, -0.25) is 14.6 Å². The lowest BCUT2D eigenvalue weighted by Gasteiger charge is -2.59. The van der Waals surface area contributed by atoms with Crippen LogP contribution in [-0.2, 0) is 9.59 Å². The highest BCUT2D eigenvalue weighted by Crippen LogP contribution is 2.43. The summed E-state index contributed by atoms with van der Waals surface area (Å²) >= 11 is 0. The fraction of sp³-hybridized carbons (Fsp3) is 0.435. The molecule has 2 saturated heterocycles. The maximum absolute atomic E-state index is 12.7. The van der Waals surface area contributed by atoms with Crippen LogP contribution in [0.25, 0.3) is 11.1 Å². The van der Waals surface area contributed by atoms with E-state index in [2.05, 4.69) is 29.2 Å². The van der Waals surface area contributed by atoms with E-state index in [1.54, 1.807) is 16.0 Å². The lowest BCUT2D eigenvalue weighted by atomic mass is 9.73. The molecule has 0 bridgehead atoms. The van der Waals surface area contributed by atoms with E-state index in [9.17, 15) is 14.7 Å². The minimum Gasteiger partial charge on any atom is -0.394 e. The van der Waals surface area contributed by atoms with Gasteiger partial charge in [0, 0.05) is 30.8 Å². The molecule has 0 unspecified atom stereocenters. The van der Waals surface area contributed by atoms with E-state index in [-0.39, 0.29) is 48.9 Å². The summed E-state index contributed by atoms with van der Waals surface area (Å²) in [4.78, 5) is 33.1. The lowest BCUT2D eigenvalue weighted by Crippen LogP contribution is -2.73. The molecule has 2 amide bonds. The Morgan fingerprint density at radius 3 is 2.55 bits per heavy atom. The molecule has 1 N–H and O–H groups in total. The van der Waals surface area contributed by atoms with Crippen molar-refractivity contribution in [3.05, 3.63) is 54.4 Å². The van der Waals surface area contributed by atoms with Crippen molar-refractivity contribution >= 4 is 11.8 Å². The van der Waals surface area contributed by atoms with Gasteiger partial charge in [0.05, 0.1) is 25.2 Å². The average molecular weight is 391 g/mol. The number of amides is 2. The van der Waals surface area contributed by atoms with Crippen LogP contribution in [0.3, 0.4) is 0 Å². The first-order chi connectivity index (χ1) is 14.2. The van der Waals surface area contributed by atoms with E-state index < -0.39 is 0 Å². The van der Waals surface area contributed by atoms with Gasteiger partial charge in [-0.2, -0.15) is 0 Å². The number of carbonyl (C=O) groups is 2. The number of piperazine rings is 1. The highest BCUT2D eigenvalue weighted by Gasteiger charge is 2.54. The van der Waals surface area contributed by atoms with Crippen LogP contribution < -0.4 is 0 Å². The topological polar surface area (TPSA) is 73.7 Å². The molecule has 2 aromatic rings.